The Balaban J connectivity index is 2.10. The van der Waals surface area contributed by atoms with Gasteiger partial charge >= 0.3 is 0 Å². The number of hydrogen-bond acceptors (Lipinski definition) is 5. The molecule has 0 aliphatic carbocycles. The van der Waals surface area contributed by atoms with E-state index in [2.05, 4.69) is 18.7 Å². The molecule has 0 spiro atoms. The number of aryl methyl sites for hydroxylation is 2. The zero-order chi connectivity index (χ0) is 22.0. The number of benzene rings is 1. The number of nitrogens with zero attached hydrogens (tertiary/aromatic N) is 2. The second-order valence-corrected chi connectivity index (χ2v) is 8.40. The SMILES string of the molecule is CCN(CC)CCN1C(=O)C(=O)/C(=C(\O)c2ccc(F)c(C)c2)C1c1sccc1C. The number of rotatable bonds is 7. The van der Waals surface area contributed by atoms with Gasteiger partial charge in [0.2, 0.25) is 0 Å². The van der Waals surface area contributed by atoms with Crippen LogP contribution in [0.15, 0.2) is 35.2 Å². The molecular formula is C23H27FN2O3S. The highest BCUT2D eigenvalue weighted by molar-refractivity contribution is 7.10. The van der Waals surface area contributed by atoms with E-state index < -0.39 is 23.5 Å². The molecule has 0 radical (unpaired) electrons. The summed E-state index contributed by atoms with van der Waals surface area (Å²) in [5.74, 6) is -1.97. The van der Waals surface area contributed by atoms with Gasteiger partial charge in [-0.3, -0.25) is 9.59 Å². The molecule has 0 saturated carbocycles. The average molecular weight is 431 g/mol. The van der Waals surface area contributed by atoms with Crippen molar-refractivity contribution in [2.45, 2.75) is 33.7 Å². The van der Waals surface area contributed by atoms with E-state index in [4.69, 9.17) is 0 Å². The average Bonchev–Trinajstić information content (AvgIpc) is 3.25. The number of ketones is 1. The van der Waals surface area contributed by atoms with Crippen molar-refractivity contribution in [3.63, 3.8) is 0 Å². The van der Waals surface area contributed by atoms with E-state index in [1.54, 1.807) is 11.8 Å². The summed E-state index contributed by atoms with van der Waals surface area (Å²) >= 11 is 1.46. The van der Waals surface area contributed by atoms with E-state index in [0.717, 1.165) is 23.5 Å². The Morgan fingerprint density at radius 2 is 1.87 bits per heavy atom. The number of aliphatic hydroxyl groups excluding tert-OH is 1. The van der Waals surface area contributed by atoms with Crippen molar-refractivity contribution in [2.75, 3.05) is 26.2 Å². The molecule has 1 aliphatic rings. The van der Waals surface area contributed by atoms with E-state index in [1.165, 1.54) is 29.5 Å². The van der Waals surface area contributed by atoms with Crippen molar-refractivity contribution in [1.29, 1.82) is 0 Å². The summed E-state index contributed by atoms with van der Waals surface area (Å²) in [5.41, 5.74) is 1.71. The molecule has 1 aromatic heterocycles. The number of hydrogen-bond donors (Lipinski definition) is 1. The Morgan fingerprint density at radius 1 is 1.17 bits per heavy atom. The van der Waals surface area contributed by atoms with E-state index in [0.29, 0.717) is 24.2 Å². The lowest BCUT2D eigenvalue weighted by molar-refractivity contribution is -0.140. The first-order chi connectivity index (χ1) is 14.3. The molecule has 1 fully saturated rings. The van der Waals surface area contributed by atoms with Gasteiger partial charge in [-0.05, 0) is 67.7 Å². The third kappa shape index (κ3) is 4.04. The minimum Gasteiger partial charge on any atom is -0.507 e. The summed E-state index contributed by atoms with van der Waals surface area (Å²) in [5, 5.41) is 12.9. The van der Waals surface area contributed by atoms with Crippen LogP contribution in [0.2, 0.25) is 0 Å². The van der Waals surface area contributed by atoms with E-state index in [9.17, 15) is 19.1 Å². The molecule has 30 heavy (non-hydrogen) atoms. The van der Waals surface area contributed by atoms with Gasteiger partial charge in [0.05, 0.1) is 11.6 Å². The molecule has 160 valence electrons. The van der Waals surface area contributed by atoms with Gasteiger partial charge in [0, 0.05) is 23.5 Å². The maximum Gasteiger partial charge on any atom is 0.295 e. The highest BCUT2D eigenvalue weighted by Crippen LogP contribution is 2.42. The lowest BCUT2D eigenvalue weighted by Gasteiger charge is -2.27. The molecule has 1 aliphatic heterocycles. The zero-order valence-corrected chi connectivity index (χ0v) is 18.6. The molecule has 1 atom stereocenters. The number of thiophene rings is 1. The first kappa shape index (κ1) is 22.2. The predicted molar refractivity (Wildman–Crippen MR) is 117 cm³/mol. The fourth-order valence-corrected chi connectivity index (χ4v) is 4.83. The van der Waals surface area contributed by atoms with E-state index >= 15 is 0 Å². The van der Waals surface area contributed by atoms with Crippen LogP contribution in [0.5, 0.6) is 0 Å². The molecule has 3 rings (SSSR count). The largest absolute Gasteiger partial charge is 0.507 e. The van der Waals surface area contributed by atoms with Crippen LogP contribution in [0.25, 0.3) is 5.76 Å². The molecular weight excluding hydrogens is 403 g/mol. The summed E-state index contributed by atoms with van der Waals surface area (Å²) in [6.45, 7) is 10.3. The summed E-state index contributed by atoms with van der Waals surface area (Å²) in [7, 11) is 0. The molecule has 7 heteroatoms. The van der Waals surface area contributed by atoms with Crippen LogP contribution in [0.1, 0.15) is 41.5 Å². The zero-order valence-electron chi connectivity index (χ0n) is 17.7. The van der Waals surface area contributed by atoms with Crippen molar-refractivity contribution < 1.29 is 19.1 Å². The number of halogens is 1. The standard InChI is InChI=1S/C23H27FN2O3S/c1-5-25(6-2)10-11-26-19(22-14(3)9-12-30-22)18(21(28)23(26)29)20(27)16-7-8-17(24)15(4)13-16/h7-9,12-13,19,27H,5-6,10-11H2,1-4H3/b20-18-. The van der Waals surface area contributed by atoms with Gasteiger partial charge in [0.1, 0.15) is 11.6 Å². The first-order valence-corrected chi connectivity index (χ1v) is 11.0. The fourth-order valence-electron chi connectivity index (χ4n) is 3.78. The summed E-state index contributed by atoms with van der Waals surface area (Å²) in [6, 6.07) is 5.47. The smallest absolute Gasteiger partial charge is 0.295 e. The molecule has 2 heterocycles. The van der Waals surface area contributed by atoms with Gasteiger partial charge in [0.25, 0.3) is 11.7 Å². The minimum atomic E-state index is -0.702. The minimum absolute atomic E-state index is 0.0658. The van der Waals surface area contributed by atoms with E-state index in [-0.39, 0.29) is 11.3 Å². The quantitative estimate of drug-likeness (QED) is 0.405. The van der Waals surface area contributed by atoms with E-state index in [1.807, 2.05) is 18.4 Å². The Labute approximate surface area is 180 Å². The molecule has 1 unspecified atom stereocenters. The number of amides is 1. The number of likely N-dealkylation sites (N-methyl/N-ethyl adjacent to an activating group) is 1. The summed E-state index contributed by atoms with van der Waals surface area (Å²) in [6.07, 6.45) is 0. The Kier molecular flexibility index (Phi) is 6.73. The second-order valence-electron chi connectivity index (χ2n) is 7.45. The highest BCUT2D eigenvalue weighted by Gasteiger charge is 2.46. The van der Waals surface area contributed by atoms with Gasteiger partial charge in [-0.15, -0.1) is 11.3 Å². The lowest BCUT2D eigenvalue weighted by Crippen LogP contribution is -2.37. The summed E-state index contributed by atoms with van der Waals surface area (Å²) in [4.78, 5) is 30.5. The van der Waals surface area contributed by atoms with Gasteiger partial charge in [-0.1, -0.05) is 13.8 Å². The van der Waals surface area contributed by atoms with Crippen LogP contribution in [-0.2, 0) is 9.59 Å². The van der Waals surface area contributed by atoms with Crippen molar-refractivity contribution in [2.24, 2.45) is 0 Å². The van der Waals surface area contributed by atoms with Gasteiger partial charge in [0.15, 0.2) is 0 Å². The monoisotopic (exact) mass is 430 g/mol. The van der Waals surface area contributed by atoms with Crippen molar-refractivity contribution in [1.82, 2.24) is 9.80 Å². The number of carbonyl (C=O) groups excluding carboxylic acids is 2. The fraction of sp³-hybridized carbons (Fsp3) is 0.391. The molecule has 1 saturated heterocycles. The van der Waals surface area contributed by atoms with Crippen molar-refractivity contribution in [3.8, 4) is 0 Å². The van der Waals surface area contributed by atoms with Gasteiger partial charge < -0.3 is 14.9 Å². The molecule has 1 amide bonds. The van der Waals surface area contributed by atoms with Crippen LogP contribution in [0.4, 0.5) is 4.39 Å². The third-order valence-corrected chi connectivity index (χ3v) is 6.74. The molecule has 0 bridgehead atoms. The first-order valence-electron chi connectivity index (χ1n) is 10.1. The Bertz CT molecular complexity index is 994. The normalized spacial score (nSPS) is 18.6. The van der Waals surface area contributed by atoms with Gasteiger partial charge in [-0.25, -0.2) is 4.39 Å². The maximum absolute atomic E-state index is 13.7. The molecule has 1 aromatic carbocycles. The highest BCUT2D eigenvalue weighted by atomic mass is 32.1. The predicted octanol–water partition coefficient (Wildman–Crippen LogP) is 4.27. The van der Waals surface area contributed by atoms with Crippen molar-refractivity contribution in [3.05, 3.63) is 62.6 Å². The molecule has 1 N–H and O–H groups in total. The van der Waals surface area contributed by atoms with Crippen LogP contribution < -0.4 is 0 Å². The van der Waals surface area contributed by atoms with Crippen LogP contribution >= 0.6 is 11.3 Å². The lowest BCUT2D eigenvalue weighted by atomic mass is 9.97. The number of Topliss-reactive ketones (excluding diaryl/α,β-unsaturated/α-hetero) is 1. The maximum atomic E-state index is 13.7. The van der Waals surface area contributed by atoms with Crippen molar-refractivity contribution >= 4 is 28.8 Å². The molecule has 2 aromatic rings. The second kappa shape index (κ2) is 9.10. The Morgan fingerprint density at radius 3 is 2.43 bits per heavy atom. The Hall–Kier alpha value is -2.51. The summed E-state index contributed by atoms with van der Waals surface area (Å²) < 4.78 is 13.7. The van der Waals surface area contributed by atoms with Crippen LogP contribution in [-0.4, -0.2) is 52.8 Å². The number of aliphatic hydroxyl groups is 1. The van der Waals surface area contributed by atoms with Crippen LogP contribution in [0.3, 0.4) is 0 Å². The molecule has 5 nitrogen and oxygen atoms in total. The number of carbonyl (C=O) groups is 2. The van der Waals surface area contributed by atoms with Gasteiger partial charge in [-0.2, -0.15) is 0 Å². The number of likely N-dealkylation sites (tertiary alicyclic amines) is 1. The topological polar surface area (TPSA) is 60.9 Å². The van der Waals surface area contributed by atoms with Crippen LogP contribution in [0, 0.1) is 19.7 Å². The third-order valence-electron chi connectivity index (χ3n) is 5.67.